The van der Waals surface area contributed by atoms with Crippen LogP contribution in [0.2, 0.25) is 0 Å². The molecule has 0 aliphatic rings. The van der Waals surface area contributed by atoms with Crippen LogP contribution in [0.25, 0.3) is 0 Å². The van der Waals surface area contributed by atoms with Gasteiger partial charge in [-0.1, -0.05) is 12.1 Å². The molecule has 0 aromatic heterocycles. The predicted octanol–water partition coefficient (Wildman–Crippen LogP) is 1.87. The van der Waals surface area contributed by atoms with Gasteiger partial charge >= 0.3 is 0 Å². The lowest BCUT2D eigenvalue weighted by atomic mass is 10.1. The van der Waals surface area contributed by atoms with Gasteiger partial charge in [-0.25, -0.2) is 0 Å². The first-order valence-electron chi connectivity index (χ1n) is 6.11. The monoisotopic (exact) mass is 250 g/mol. The van der Waals surface area contributed by atoms with E-state index in [4.69, 9.17) is 10.5 Å². The summed E-state index contributed by atoms with van der Waals surface area (Å²) >= 11 is 0. The molecule has 0 spiro atoms. The highest BCUT2D eigenvalue weighted by atomic mass is 16.5. The number of carbonyl (C=O) groups excluding carboxylic acids is 1. The van der Waals surface area contributed by atoms with E-state index in [2.05, 4.69) is 0 Å². The summed E-state index contributed by atoms with van der Waals surface area (Å²) in [7, 11) is 3.48. The molecular formula is C14H22N2O2. The van der Waals surface area contributed by atoms with Gasteiger partial charge in [0.05, 0.1) is 13.0 Å². The molecule has 0 bridgehead atoms. The lowest BCUT2D eigenvalue weighted by molar-refractivity contribution is -0.129. The number of ether oxygens (including phenoxy) is 1. The molecule has 1 unspecified atom stereocenters. The third kappa shape index (κ3) is 4.04. The summed E-state index contributed by atoms with van der Waals surface area (Å²) in [4.78, 5) is 13.0. The number of hydrogen-bond donors (Lipinski definition) is 1. The number of carbonyl (C=O) groups is 1. The minimum Gasteiger partial charge on any atom is -0.493 e. The number of aryl methyl sites for hydroxylation is 1. The maximum Gasteiger partial charge on any atom is 0.225 e. The van der Waals surface area contributed by atoms with Gasteiger partial charge in [0.15, 0.2) is 0 Å². The zero-order chi connectivity index (χ0) is 13.7. The number of amides is 1. The summed E-state index contributed by atoms with van der Waals surface area (Å²) in [6.45, 7) is 4.30. The van der Waals surface area contributed by atoms with Crippen molar-refractivity contribution in [3.05, 3.63) is 29.3 Å². The minimum atomic E-state index is -0.0786. The van der Waals surface area contributed by atoms with Crippen molar-refractivity contribution in [3.8, 4) is 5.75 Å². The predicted molar refractivity (Wildman–Crippen MR) is 72.6 cm³/mol. The molecule has 1 amide bonds. The van der Waals surface area contributed by atoms with Crippen LogP contribution < -0.4 is 10.5 Å². The Morgan fingerprint density at radius 1 is 1.44 bits per heavy atom. The fourth-order valence-corrected chi connectivity index (χ4v) is 1.61. The van der Waals surface area contributed by atoms with Crippen molar-refractivity contribution < 1.29 is 9.53 Å². The van der Waals surface area contributed by atoms with Crippen LogP contribution in [-0.4, -0.2) is 31.5 Å². The van der Waals surface area contributed by atoms with Crippen molar-refractivity contribution in [2.45, 2.75) is 26.3 Å². The molecule has 4 nitrogen and oxygen atoms in total. The number of hydrogen-bond acceptors (Lipinski definition) is 3. The molecule has 0 saturated carbocycles. The Balaban J connectivity index is 2.66. The lowest BCUT2D eigenvalue weighted by Gasteiger charge is -2.15. The van der Waals surface area contributed by atoms with Crippen LogP contribution >= 0.6 is 0 Å². The number of benzene rings is 1. The molecule has 1 aromatic carbocycles. The summed E-state index contributed by atoms with van der Waals surface area (Å²) < 4.78 is 5.67. The Kier molecular flexibility index (Phi) is 5.16. The lowest BCUT2D eigenvalue weighted by Crippen LogP contribution is -2.23. The van der Waals surface area contributed by atoms with Gasteiger partial charge in [-0.3, -0.25) is 4.79 Å². The molecule has 0 fully saturated rings. The van der Waals surface area contributed by atoms with Crippen LogP contribution in [-0.2, 0) is 4.79 Å². The van der Waals surface area contributed by atoms with Crippen LogP contribution in [0.4, 0.5) is 0 Å². The Labute approximate surface area is 109 Å². The standard InChI is InChI=1S/C14H22N2O2/c1-10-5-6-12(11(2)15)13(9-10)18-8-7-14(17)16(3)4/h5-6,9,11H,7-8,15H2,1-4H3. The molecule has 0 saturated heterocycles. The zero-order valence-corrected chi connectivity index (χ0v) is 11.6. The molecule has 100 valence electrons. The second kappa shape index (κ2) is 6.40. The molecule has 0 radical (unpaired) electrons. The molecule has 4 heteroatoms. The quantitative estimate of drug-likeness (QED) is 0.868. The summed E-state index contributed by atoms with van der Waals surface area (Å²) in [6.07, 6.45) is 0.374. The normalized spacial score (nSPS) is 12.1. The highest BCUT2D eigenvalue weighted by Gasteiger charge is 2.09. The van der Waals surface area contributed by atoms with Crippen LogP contribution in [0.3, 0.4) is 0 Å². The van der Waals surface area contributed by atoms with Gasteiger partial charge in [0, 0.05) is 25.7 Å². The molecule has 0 aliphatic carbocycles. The smallest absolute Gasteiger partial charge is 0.225 e. The summed E-state index contributed by atoms with van der Waals surface area (Å²) in [5.74, 6) is 0.835. The van der Waals surface area contributed by atoms with Crippen molar-refractivity contribution in [2.24, 2.45) is 5.73 Å². The van der Waals surface area contributed by atoms with Gasteiger partial charge < -0.3 is 15.4 Å². The Morgan fingerprint density at radius 3 is 2.67 bits per heavy atom. The van der Waals surface area contributed by atoms with E-state index in [-0.39, 0.29) is 11.9 Å². The Hall–Kier alpha value is -1.55. The van der Waals surface area contributed by atoms with E-state index in [1.54, 1.807) is 19.0 Å². The van der Waals surface area contributed by atoms with Gasteiger partial charge in [-0.05, 0) is 25.5 Å². The van der Waals surface area contributed by atoms with E-state index in [0.29, 0.717) is 13.0 Å². The van der Waals surface area contributed by atoms with Crippen molar-refractivity contribution in [2.75, 3.05) is 20.7 Å². The van der Waals surface area contributed by atoms with E-state index >= 15 is 0 Å². The van der Waals surface area contributed by atoms with Gasteiger partial charge in [0.25, 0.3) is 0 Å². The van der Waals surface area contributed by atoms with E-state index in [0.717, 1.165) is 16.9 Å². The second-order valence-corrected chi connectivity index (χ2v) is 4.72. The molecule has 18 heavy (non-hydrogen) atoms. The van der Waals surface area contributed by atoms with Crippen molar-refractivity contribution in [1.82, 2.24) is 4.90 Å². The number of nitrogens with two attached hydrogens (primary N) is 1. The fraction of sp³-hybridized carbons (Fsp3) is 0.500. The van der Waals surface area contributed by atoms with Gasteiger partial charge in [0.2, 0.25) is 5.91 Å². The first-order valence-corrected chi connectivity index (χ1v) is 6.11. The highest BCUT2D eigenvalue weighted by molar-refractivity contribution is 5.75. The van der Waals surface area contributed by atoms with Gasteiger partial charge in [0.1, 0.15) is 5.75 Å². The largest absolute Gasteiger partial charge is 0.493 e. The zero-order valence-electron chi connectivity index (χ0n) is 11.6. The first-order chi connectivity index (χ1) is 8.41. The second-order valence-electron chi connectivity index (χ2n) is 4.72. The topological polar surface area (TPSA) is 55.6 Å². The minimum absolute atomic E-state index is 0.0602. The molecule has 2 N–H and O–H groups in total. The summed E-state index contributed by atoms with van der Waals surface area (Å²) in [5.41, 5.74) is 7.98. The van der Waals surface area contributed by atoms with Crippen LogP contribution in [0.5, 0.6) is 5.75 Å². The maximum atomic E-state index is 11.4. The van der Waals surface area contributed by atoms with Crippen LogP contribution in [0.1, 0.15) is 30.5 Å². The Morgan fingerprint density at radius 2 is 2.11 bits per heavy atom. The third-order valence-corrected chi connectivity index (χ3v) is 2.73. The summed E-state index contributed by atoms with van der Waals surface area (Å²) in [6, 6.07) is 5.86. The summed E-state index contributed by atoms with van der Waals surface area (Å²) in [5, 5.41) is 0. The van der Waals surface area contributed by atoms with Gasteiger partial charge in [-0.2, -0.15) is 0 Å². The maximum absolute atomic E-state index is 11.4. The molecule has 1 aromatic rings. The van der Waals surface area contributed by atoms with Crippen molar-refractivity contribution >= 4 is 5.91 Å². The molecule has 0 aliphatic heterocycles. The van der Waals surface area contributed by atoms with E-state index in [1.165, 1.54) is 0 Å². The first kappa shape index (κ1) is 14.5. The van der Waals surface area contributed by atoms with E-state index in [1.807, 2.05) is 32.0 Å². The molecule has 1 rings (SSSR count). The Bertz CT molecular complexity index is 414. The average Bonchev–Trinajstić information content (AvgIpc) is 2.28. The van der Waals surface area contributed by atoms with Crippen LogP contribution in [0.15, 0.2) is 18.2 Å². The van der Waals surface area contributed by atoms with E-state index < -0.39 is 0 Å². The highest BCUT2D eigenvalue weighted by Crippen LogP contribution is 2.25. The fourth-order valence-electron chi connectivity index (χ4n) is 1.61. The van der Waals surface area contributed by atoms with Crippen molar-refractivity contribution in [3.63, 3.8) is 0 Å². The average molecular weight is 250 g/mol. The molecule has 0 heterocycles. The number of rotatable bonds is 5. The SMILES string of the molecule is Cc1ccc(C(C)N)c(OCCC(=O)N(C)C)c1. The van der Waals surface area contributed by atoms with Gasteiger partial charge in [-0.15, -0.1) is 0 Å². The van der Waals surface area contributed by atoms with Crippen molar-refractivity contribution in [1.29, 1.82) is 0 Å². The molecular weight excluding hydrogens is 228 g/mol. The van der Waals surface area contributed by atoms with Crippen LogP contribution in [0, 0.1) is 6.92 Å². The number of nitrogens with zero attached hydrogens (tertiary/aromatic N) is 1. The van der Waals surface area contributed by atoms with E-state index in [9.17, 15) is 4.79 Å². The third-order valence-electron chi connectivity index (χ3n) is 2.73. The molecule has 1 atom stereocenters.